The van der Waals surface area contributed by atoms with Crippen molar-refractivity contribution in [3.05, 3.63) is 39.4 Å². The molecule has 2 N–H and O–H groups in total. The molecule has 1 fully saturated rings. The summed E-state index contributed by atoms with van der Waals surface area (Å²) < 4.78 is 0. The number of carbonyl (C=O) groups excluding carboxylic acids is 1. The molecule has 1 aromatic carbocycles. The van der Waals surface area contributed by atoms with Crippen LogP contribution in [-0.4, -0.2) is 28.6 Å². The summed E-state index contributed by atoms with van der Waals surface area (Å²) in [5.41, 5.74) is 0.939. The summed E-state index contributed by atoms with van der Waals surface area (Å²) in [6.45, 7) is 2.28. The van der Waals surface area contributed by atoms with Gasteiger partial charge in [0, 0.05) is 24.2 Å². The third-order valence-electron chi connectivity index (χ3n) is 3.90. The molecule has 1 aliphatic carbocycles. The van der Waals surface area contributed by atoms with Crippen LogP contribution in [0.15, 0.2) is 18.2 Å². The van der Waals surface area contributed by atoms with Crippen LogP contribution in [-0.2, 0) is 0 Å². The van der Waals surface area contributed by atoms with Crippen LogP contribution in [0.2, 0.25) is 0 Å². The number of nitro benzene ring substituents is 1. The molecule has 0 unspecified atom stereocenters. The quantitative estimate of drug-likeness (QED) is 0.657. The third-order valence-corrected chi connectivity index (χ3v) is 3.90. The Labute approximate surface area is 123 Å². The first kappa shape index (κ1) is 15.4. The maximum atomic E-state index is 12.1. The van der Waals surface area contributed by atoms with Gasteiger partial charge in [-0.2, -0.15) is 0 Å². The molecule has 6 nitrogen and oxygen atoms in total. The molecule has 0 atom stereocenters. The number of hydrogen-bond donors (Lipinski definition) is 2. The number of nitro groups is 1. The zero-order valence-electron chi connectivity index (χ0n) is 12.0. The van der Waals surface area contributed by atoms with Crippen molar-refractivity contribution in [2.45, 2.75) is 38.7 Å². The number of nitrogens with zero attached hydrogens (tertiary/aromatic N) is 1. The minimum absolute atomic E-state index is 0.0686. The van der Waals surface area contributed by atoms with Gasteiger partial charge in [0.05, 0.1) is 11.0 Å². The predicted octanol–water partition coefficient (Wildman–Crippen LogP) is 2.18. The second-order valence-electron chi connectivity index (χ2n) is 5.70. The van der Waals surface area contributed by atoms with Gasteiger partial charge in [-0.25, -0.2) is 0 Å². The highest BCUT2D eigenvalue weighted by molar-refractivity contribution is 5.95. The van der Waals surface area contributed by atoms with E-state index in [-0.39, 0.29) is 17.7 Å². The van der Waals surface area contributed by atoms with Crippen molar-refractivity contribution in [2.75, 3.05) is 6.54 Å². The first-order valence-corrected chi connectivity index (χ1v) is 7.18. The van der Waals surface area contributed by atoms with E-state index in [1.165, 1.54) is 12.1 Å². The van der Waals surface area contributed by atoms with Crippen LogP contribution in [0.4, 0.5) is 5.69 Å². The number of aryl methyl sites for hydroxylation is 1. The number of aliphatic hydroxyl groups is 1. The van der Waals surface area contributed by atoms with E-state index in [4.69, 9.17) is 0 Å². The fourth-order valence-corrected chi connectivity index (χ4v) is 2.69. The minimum Gasteiger partial charge on any atom is -0.393 e. The molecule has 0 heterocycles. The van der Waals surface area contributed by atoms with Crippen LogP contribution < -0.4 is 5.32 Å². The van der Waals surface area contributed by atoms with Crippen molar-refractivity contribution in [1.82, 2.24) is 5.32 Å². The summed E-state index contributed by atoms with van der Waals surface area (Å²) in [7, 11) is 0. The van der Waals surface area contributed by atoms with Crippen molar-refractivity contribution >= 4 is 11.6 Å². The Morgan fingerprint density at radius 1 is 1.33 bits per heavy atom. The molecule has 0 aromatic heterocycles. The number of benzene rings is 1. The lowest BCUT2D eigenvalue weighted by Gasteiger charge is -2.25. The third kappa shape index (κ3) is 4.26. The predicted molar refractivity (Wildman–Crippen MR) is 78.1 cm³/mol. The van der Waals surface area contributed by atoms with Gasteiger partial charge in [0.2, 0.25) is 0 Å². The molecule has 0 aliphatic heterocycles. The first-order chi connectivity index (χ1) is 9.95. The smallest absolute Gasteiger partial charge is 0.270 e. The van der Waals surface area contributed by atoms with E-state index in [0.717, 1.165) is 25.7 Å². The maximum absolute atomic E-state index is 12.1. The number of carbonyl (C=O) groups is 1. The maximum Gasteiger partial charge on any atom is 0.270 e. The first-order valence-electron chi connectivity index (χ1n) is 7.18. The fourth-order valence-electron chi connectivity index (χ4n) is 2.69. The van der Waals surface area contributed by atoms with Crippen LogP contribution in [0.5, 0.6) is 0 Å². The highest BCUT2D eigenvalue weighted by atomic mass is 16.6. The van der Waals surface area contributed by atoms with Gasteiger partial charge in [-0.05, 0) is 50.2 Å². The van der Waals surface area contributed by atoms with Crippen LogP contribution in [0.1, 0.15) is 41.6 Å². The van der Waals surface area contributed by atoms with E-state index in [0.29, 0.717) is 23.6 Å². The van der Waals surface area contributed by atoms with E-state index in [1.54, 1.807) is 13.0 Å². The Bertz CT molecular complexity index is 536. The number of non-ortho nitro benzene ring substituents is 1. The Kier molecular flexibility index (Phi) is 4.90. The number of aliphatic hydroxyl groups excluding tert-OH is 1. The van der Waals surface area contributed by atoms with Gasteiger partial charge in [-0.3, -0.25) is 14.9 Å². The lowest BCUT2D eigenvalue weighted by atomic mass is 9.87. The van der Waals surface area contributed by atoms with E-state index >= 15 is 0 Å². The Morgan fingerprint density at radius 2 is 2.00 bits per heavy atom. The summed E-state index contributed by atoms with van der Waals surface area (Å²) in [5, 5.41) is 23.1. The zero-order valence-corrected chi connectivity index (χ0v) is 12.0. The molecular weight excluding hydrogens is 272 g/mol. The summed E-state index contributed by atoms with van der Waals surface area (Å²) >= 11 is 0. The number of nitrogens with one attached hydrogen (secondary N) is 1. The molecule has 1 amide bonds. The number of rotatable bonds is 4. The minimum atomic E-state index is -0.494. The average Bonchev–Trinajstić information content (AvgIpc) is 2.45. The summed E-state index contributed by atoms with van der Waals surface area (Å²) in [5.74, 6) is 0.0880. The van der Waals surface area contributed by atoms with E-state index in [1.807, 2.05) is 0 Å². The highest BCUT2D eigenvalue weighted by Gasteiger charge is 2.20. The monoisotopic (exact) mass is 292 g/mol. The van der Waals surface area contributed by atoms with Crippen molar-refractivity contribution in [3.63, 3.8) is 0 Å². The number of hydrogen-bond acceptors (Lipinski definition) is 4. The average molecular weight is 292 g/mol. The van der Waals surface area contributed by atoms with Gasteiger partial charge in [-0.15, -0.1) is 0 Å². The number of amides is 1. The molecule has 1 aliphatic rings. The SMILES string of the molecule is Cc1cc(C(=O)NCC2CCC(O)CC2)cc([N+](=O)[O-])c1. The van der Waals surface area contributed by atoms with Crippen LogP contribution >= 0.6 is 0 Å². The molecule has 0 bridgehead atoms. The lowest BCUT2D eigenvalue weighted by Crippen LogP contribution is -2.32. The van der Waals surface area contributed by atoms with Gasteiger partial charge >= 0.3 is 0 Å². The normalized spacial score (nSPS) is 21.8. The molecule has 0 spiro atoms. The summed E-state index contributed by atoms with van der Waals surface area (Å²) in [6.07, 6.45) is 3.13. The fraction of sp³-hybridized carbons (Fsp3) is 0.533. The Hall–Kier alpha value is -1.95. The molecule has 114 valence electrons. The van der Waals surface area contributed by atoms with Crippen molar-refractivity contribution in [1.29, 1.82) is 0 Å². The molecule has 6 heteroatoms. The van der Waals surface area contributed by atoms with Gasteiger partial charge in [-0.1, -0.05) is 0 Å². The van der Waals surface area contributed by atoms with Crippen LogP contribution in [0, 0.1) is 23.0 Å². The van der Waals surface area contributed by atoms with Crippen molar-refractivity contribution < 1.29 is 14.8 Å². The largest absolute Gasteiger partial charge is 0.393 e. The molecule has 2 rings (SSSR count). The molecule has 0 saturated heterocycles. The van der Waals surface area contributed by atoms with Gasteiger partial charge in [0.25, 0.3) is 11.6 Å². The van der Waals surface area contributed by atoms with Gasteiger partial charge in [0.15, 0.2) is 0 Å². The van der Waals surface area contributed by atoms with Crippen molar-refractivity contribution in [2.24, 2.45) is 5.92 Å². The summed E-state index contributed by atoms with van der Waals surface area (Å²) in [4.78, 5) is 22.4. The molecule has 1 saturated carbocycles. The Balaban J connectivity index is 1.95. The van der Waals surface area contributed by atoms with Gasteiger partial charge < -0.3 is 10.4 Å². The molecule has 1 aromatic rings. The molecule has 21 heavy (non-hydrogen) atoms. The van der Waals surface area contributed by atoms with E-state index < -0.39 is 4.92 Å². The van der Waals surface area contributed by atoms with Crippen molar-refractivity contribution in [3.8, 4) is 0 Å². The summed E-state index contributed by atoms with van der Waals surface area (Å²) in [6, 6.07) is 4.39. The topological polar surface area (TPSA) is 92.5 Å². The highest BCUT2D eigenvalue weighted by Crippen LogP contribution is 2.23. The van der Waals surface area contributed by atoms with E-state index in [2.05, 4.69) is 5.32 Å². The second-order valence-corrected chi connectivity index (χ2v) is 5.70. The van der Waals surface area contributed by atoms with Gasteiger partial charge in [0.1, 0.15) is 0 Å². The van der Waals surface area contributed by atoms with E-state index in [9.17, 15) is 20.0 Å². The Morgan fingerprint density at radius 3 is 2.62 bits per heavy atom. The second kappa shape index (κ2) is 6.67. The van der Waals surface area contributed by atoms with Crippen LogP contribution in [0.3, 0.4) is 0 Å². The molecular formula is C15H20N2O4. The zero-order chi connectivity index (χ0) is 15.4. The lowest BCUT2D eigenvalue weighted by molar-refractivity contribution is -0.384. The van der Waals surface area contributed by atoms with Crippen LogP contribution in [0.25, 0.3) is 0 Å². The standard InChI is InChI=1S/C15H20N2O4/c1-10-6-12(8-13(7-10)17(20)21)15(19)16-9-11-2-4-14(18)5-3-11/h6-8,11,14,18H,2-5,9H2,1H3,(H,16,19). The molecule has 0 radical (unpaired) electrons.